The molecule has 1 rings (SSSR count). The highest BCUT2D eigenvalue weighted by Crippen LogP contribution is 2.10. The van der Waals surface area contributed by atoms with Gasteiger partial charge in [-0.05, 0) is 51.5 Å². The molecule has 0 atom stereocenters. The molecule has 1 aliphatic heterocycles. The zero-order valence-electron chi connectivity index (χ0n) is 16.8. The first-order valence-corrected chi connectivity index (χ1v) is 10.9. The lowest BCUT2D eigenvalue weighted by atomic mass is 10.1. The fourth-order valence-corrected chi connectivity index (χ4v) is 3.43. The van der Waals surface area contributed by atoms with Gasteiger partial charge in [0.25, 0.3) is 0 Å². The fraction of sp³-hybridized carbons (Fsp3) is 0.864. The Morgan fingerprint density at radius 1 is 0.769 bits per heavy atom. The number of aliphatic carboxylic acids is 1. The molecule has 0 aromatic rings. The Labute approximate surface area is 161 Å². The molecule has 152 valence electrons. The second kappa shape index (κ2) is 17.5. The van der Waals surface area contributed by atoms with Crippen molar-refractivity contribution < 1.29 is 14.6 Å². The number of carbonyl (C=O) groups excluding carboxylic acids is 1. The molecule has 0 radical (unpaired) electrons. The van der Waals surface area contributed by atoms with Crippen LogP contribution in [0.25, 0.3) is 0 Å². The molecule has 1 saturated heterocycles. The average molecular weight is 367 g/mol. The molecule has 26 heavy (non-hydrogen) atoms. The van der Waals surface area contributed by atoms with Gasteiger partial charge in [-0.3, -0.25) is 4.90 Å². The highest BCUT2D eigenvalue weighted by Gasteiger charge is 2.08. The monoisotopic (exact) mass is 366 g/mol. The molecule has 0 saturated carbocycles. The predicted octanol–water partition coefficient (Wildman–Crippen LogP) is 4.09. The molecule has 0 bridgehead atoms. The molecule has 0 amide bonds. The summed E-state index contributed by atoms with van der Waals surface area (Å²) < 4.78 is 5.37. The molecule has 0 N–H and O–H groups in total. The Hall–Kier alpha value is -0.870. The van der Waals surface area contributed by atoms with E-state index in [1.165, 1.54) is 70.8 Å². The summed E-state index contributed by atoms with van der Waals surface area (Å²) >= 11 is 0. The van der Waals surface area contributed by atoms with E-state index in [0.717, 1.165) is 45.6 Å². The SMILES string of the molecule is O=C([O-])CCCCCCC/C=C\CCCCCCCCN1CCOCC1. The standard InChI is InChI=1S/C22H41NO3/c24-22(25)16-14-12-10-8-6-4-2-1-3-5-7-9-11-13-15-17-23-18-20-26-21-19-23/h1-2H,3-21H2,(H,24,25)/p-1/b2-1-. The van der Waals surface area contributed by atoms with Crippen LogP contribution in [0.2, 0.25) is 0 Å². The third-order valence-electron chi connectivity index (χ3n) is 5.12. The third kappa shape index (κ3) is 15.4. The number of hydrogen-bond acceptors (Lipinski definition) is 4. The minimum Gasteiger partial charge on any atom is -0.550 e. The van der Waals surface area contributed by atoms with Crippen molar-refractivity contribution >= 4 is 5.97 Å². The molecule has 0 aliphatic carbocycles. The van der Waals surface area contributed by atoms with E-state index in [2.05, 4.69) is 17.1 Å². The van der Waals surface area contributed by atoms with Gasteiger partial charge in [-0.2, -0.15) is 0 Å². The second-order valence-corrected chi connectivity index (χ2v) is 7.51. The van der Waals surface area contributed by atoms with Crippen molar-refractivity contribution in [3.63, 3.8) is 0 Å². The number of morpholine rings is 1. The van der Waals surface area contributed by atoms with Gasteiger partial charge in [0.15, 0.2) is 0 Å². The maximum Gasteiger partial charge on any atom is 0.0594 e. The van der Waals surface area contributed by atoms with Crippen LogP contribution in [0.1, 0.15) is 89.9 Å². The van der Waals surface area contributed by atoms with Crippen LogP contribution in [0, 0.1) is 0 Å². The van der Waals surface area contributed by atoms with Crippen LogP contribution in [0.15, 0.2) is 12.2 Å². The molecule has 1 aliphatic rings. The number of allylic oxidation sites excluding steroid dienone is 2. The summed E-state index contributed by atoms with van der Waals surface area (Å²) in [6.07, 6.45) is 20.8. The van der Waals surface area contributed by atoms with Crippen molar-refractivity contribution in [2.75, 3.05) is 32.8 Å². The molecule has 0 spiro atoms. The molecule has 0 aromatic carbocycles. The number of carboxylic acids is 1. The van der Waals surface area contributed by atoms with Gasteiger partial charge >= 0.3 is 0 Å². The first kappa shape index (κ1) is 23.2. The van der Waals surface area contributed by atoms with Crippen LogP contribution in [-0.2, 0) is 9.53 Å². The largest absolute Gasteiger partial charge is 0.550 e. The van der Waals surface area contributed by atoms with E-state index >= 15 is 0 Å². The normalized spacial score (nSPS) is 15.7. The Morgan fingerprint density at radius 2 is 1.27 bits per heavy atom. The van der Waals surface area contributed by atoms with Crippen molar-refractivity contribution in [1.82, 2.24) is 4.90 Å². The molecule has 4 nitrogen and oxygen atoms in total. The van der Waals surface area contributed by atoms with Crippen LogP contribution in [0.3, 0.4) is 0 Å². The zero-order valence-corrected chi connectivity index (χ0v) is 16.8. The summed E-state index contributed by atoms with van der Waals surface area (Å²) in [5.74, 6) is -0.916. The Balaban J connectivity index is 1.72. The van der Waals surface area contributed by atoms with Gasteiger partial charge in [0, 0.05) is 19.1 Å². The molecule has 1 heterocycles. The van der Waals surface area contributed by atoms with E-state index in [1.54, 1.807) is 0 Å². The van der Waals surface area contributed by atoms with Gasteiger partial charge in [0.1, 0.15) is 0 Å². The lowest BCUT2D eigenvalue weighted by Crippen LogP contribution is -2.36. The van der Waals surface area contributed by atoms with Gasteiger partial charge in [-0.25, -0.2) is 0 Å². The first-order valence-electron chi connectivity index (χ1n) is 10.9. The summed E-state index contributed by atoms with van der Waals surface area (Å²) in [6, 6.07) is 0. The van der Waals surface area contributed by atoms with Crippen molar-refractivity contribution in [2.45, 2.75) is 89.9 Å². The van der Waals surface area contributed by atoms with Crippen molar-refractivity contribution in [3.05, 3.63) is 12.2 Å². The van der Waals surface area contributed by atoms with E-state index in [4.69, 9.17) is 4.74 Å². The van der Waals surface area contributed by atoms with Gasteiger partial charge in [-0.15, -0.1) is 0 Å². The lowest BCUT2D eigenvalue weighted by Gasteiger charge is -2.26. The van der Waals surface area contributed by atoms with E-state index in [1.807, 2.05) is 0 Å². The van der Waals surface area contributed by atoms with Gasteiger partial charge in [0.2, 0.25) is 0 Å². The fourth-order valence-electron chi connectivity index (χ4n) is 3.43. The Morgan fingerprint density at radius 3 is 1.85 bits per heavy atom. The van der Waals surface area contributed by atoms with Crippen LogP contribution >= 0.6 is 0 Å². The number of rotatable bonds is 17. The van der Waals surface area contributed by atoms with E-state index in [0.29, 0.717) is 0 Å². The van der Waals surface area contributed by atoms with E-state index in [-0.39, 0.29) is 6.42 Å². The summed E-state index contributed by atoms with van der Waals surface area (Å²) in [5, 5.41) is 10.3. The summed E-state index contributed by atoms with van der Waals surface area (Å²) in [4.78, 5) is 12.8. The van der Waals surface area contributed by atoms with E-state index < -0.39 is 5.97 Å². The number of carbonyl (C=O) groups is 1. The van der Waals surface area contributed by atoms with Gasteiger partial charge in [0.05, 0.1) is 13.2 Å². The van der Waals surface area contributed by atoms with E-state index in [9.17, 15) is 9.90 Å². The quantitative estimate of drug-likeness (QED) is 0.287. The summed E-state index contributed by atoms with van der Waals surface area (Å²) in [7, 11) is 0. The average Bonchev–Trinajstić information content (AvgIpc) is 2.65. The third-order valence-corrected chi connectivity index (χ3v) is 5.12. The Kier molecular flexibility index (Phi) is 15.6. The lowest BCUT2D eigenvalue weighted by molar-refractivity contribution is -0.305. The molecule has 0 unspecified atom stereocenters. The van der Waals surface area contributed by atoms with Crippen molar-refractivity contribution in [2.24, 2.45) is 0 Å². The van der Waals surface area contributed by atoms with Crippen LogP contribution in [-0.4, -0.2) is 43.7 Å². The van der Waals surface area contributed by atoms with Crippen LogP contribution < -0.4 is 5.11 Å². The second-order valence-electron chi connectivity index (χ2n) is 7.51. The van der Waals surface area contributed by atoms with Gasteiger partial charge in [-0.1, -0.05) is 57.1 Å². The molecular formula is C22H40NO3-. The maximum atomic E-state index is 10.3. The smallest absolute Gasteiger partial charge is 0.0594 e. The minimum absolute atomic E-state index is 0.216. The topological polar surface area (TPSA) is 52.6 Å². The number of hydrogen-bond donors (Lipinski definition) is 0. The number of unbranched alkanes of at least 4 members (excludes halogenated alkanes) is 11. The Bertz CT molecular complexity index is 351. The molecule has 1 fully saturated rings. The highest BCUT2D eigenvalue weighted by atomic mass is 16.5. The zero-order chi connectivity index (χ0) is 18.7. The maximum absolute atomic E-state index is 10.3. The van der Waals surface area contributed by atoms with Crippen LogP contribution in [0.4, 0.5) is 0 Å². The number of ether oxygens (including phenoxy) is 1. The molecule has 4 heteroatoms. The highest BCUT2D eigenvalue weighted by molar-refractivity contribution is 5.63. The molecule has 0 aromatic heterocycles. The summed E-state index contributed by atoms with van der Waals surface area (Å²) in [6.45, 7) is 5.32. The first-order chi connectivity index (χ1) is 12.8. The van der Waals surface area contributed by atoms with Crippen molar-refractivity contribution in [1.29, 1.82) is 0 Å². The predicted molar refractivity (Wildman–Crippen MR) is 106 cm³/mol. The number of nitrogens with zero attached hydrogens (tertiary/aromatic N) is 1. The minimum atomic E-state index is -0.916. The number of carboxylic acid groups (broad SMARTS) is 1. The van der Waals surface area contributed by atoms with Crippen molar-refractivity contribution in [3.8, 4) is 0 Å². The summed E-state index contributed by atoms with van der Waals surface area (Å²) in [5.41, 5.74) is 0. The van der Waals surface area contributed by atoms with Crippen LogP contribution in [0.5, 0.6) is 0 Å². The van der Waals surface area contributed by atoms with Gasteiger partial charge < -0.3 is 14.6 Å². The molecular weight excluding hydrogens is 326 g/mol.